The van der Waals surface area contributed by atoms with E-state index in [2.05, 4.69) is 0 Å². The van der Waals surface area contributed by atoms with E-state index >= 15 is 0 Å². The minimum absolute atomic E-state index is 0.0386. The fourth-order valence-corrected chi connectivity index (χ4v) is 0.848. The lowest BCUT2D eigenvalue weighted by Crippen LogP contribution is -1.85. The molecule has 0 heterocycles. The van der Waals surface area contributed by atoms with E-state index in [0.29, 0.717) is 10.6 Å². The van der Waals surface area contributed by atoms with Gasteiger partial charge in [0.05, 0.1) is 0 Å². The summed E-state index contributed by atoms with van der Waals surface area (Å²) in [4.78, 5) is 0. The molecule has 1 rings (SSSR count). The van der Waals surface area contributed by atoms with Crippen LogP contribution in [0.2, 0.25) is 5.02 Å². The topological polar surface area (TPSA) is 23.9 Å². The van der Waals surface area contributed by atoms with Crippen LogP contribution in [-0.4, -0.2) is 5.17 Å². The first-order chi connectivity index (χ1) is 4.70. The molecule has 1 aromatic carbocycles. The summed E-state index contributed by atoms with van der Waals surface area (Å²) in [5, 5.41) is 7.72. The zero-order chi connectivity index (χ0) is 7.56. The molecule has 0 unspecified atom stereocenters. The summed E-state index contributed by atoms with van der Waals surface area (Å²) < 4.78 is 0. The van der Waals surface area contributed by atoms with Gasteiger partial charge in [0.15, 0.2) is 0 Å². The summed E-state index contributed by atoms with van der Waals surface area (Å²) in [5.41, 5.74) is 0.686. The molecule has 1 aromatic rings. The monoisotopic (exact) mass is 173 g/mol. The lowest BCUT2D eigenvalue weighted by molar-refractivity contribution is 1.52. The van der Waals surface area contributed by atoms with E-state index in [-0.39, 0.29) is 5.17 Å². The van der Waals surface area contributed by atoms with Crippen LogP contribution in [0.5, 0.6) is 0 Å². The highest BCUT2D eigenvalue weighted by Crippen LogP contribution is 2.10. The first kappa shape index (κ1) is 7.58. The van der Waals surface area contributed by atoms with Crippen molar-refractivity contribution in [3.05, 3.63) is 34.9 Å². The fourth-order valence-electron chi connectivity index (χ4n) is 0.596. The summed E-state index contributed by atoms with van der Waals surface area (Å²) in [5.74, 6) is 0. The minimum atomic E-state index is 0.0386. The molecule has 0 aromatic heterocycles. The molecule has 1 N–H and O–H groups in total. The second-order valence-electron chi connectivity index (χ2n) is 1.82. The number of hydrogen-bond acceptors (Lipinski definition) is 1. The third-order valence-corrected chi connectivity index (χ3v) is 1.57. The van der Waals surface area contributed by atoms with Crippen LogP contribution in [0.1, 0.15) is 5.56 Å². The lowest BCUT2D eigenvalue weighted by Gasteiger charge is -1.93. The Bertz CT molecular complexity index is 240. The molecule has 0 aliphatic heterocycles. The maximum Gasteiger partial charge on any atom is 0.128 e. The quantitative estimate of drug-likeness (QED) is 0.633. The summed E-state index contributed by atoms with van der Waals surface area (Å²) in [6.07, 6.45) is 0. The third kappa shape index (κ3) is 1.72. The van der Waals surface area contributed by atoms with Gasteiger partial charge in [-0.05, 0) is 12.1 Å². The highest BCUT2D eigenvalue weighted by Gasteiger charge is 1.94. The molecular weight excluding hydrogens is 169 g/mol. The number of hydrogen-bond donors (Lipinski definition) is 1. The zero-order valence-electron chi connectivity index (χ0n) is 5.07. The minimum Gasteiger partial charge on any atom is -0.289 e. The number of rotatable bonds is 1. The predicted octanol–water partition coefficient (Wildman–Crippen LogP) is 2.90. The van der Waals surface area contributed by atoms with Crippen molar-refractivity contribution in [1.82, 2.24) is 0 Å². The molecule has 0 bridgehead atoms. The van der Waals surface area contributed by atoms with E-state index < -0.39 is 0 Å². The normalized spacial score (nSPS) is 9.40. The molecule has 0 saturated heterocycles. The van der Waals surface area contributed by atoms with Crippen LogP contribution in [0.25, 0.3) is 0 Å². The Hall–Kier alpha value is -0.530. The smallest absolute Gasteiger partial charge is 0.128 e. The van der Waals surface area contributed by atoms with Crippen molar-refractivity contribution in [2.24, 2.45) is 0 Å². The second-order valence-corrected chi connectivity index (χ2v) is 2.64. The van der Waals surface area contributed by atoms with Gasteiger partial charge < -0.3 is 0 Å². The Kier molecular flexibility index (Phi) is 2.30. The molecule has 1 nitrogen and oxygen atoms in total. The van der Waals surface area contributed by atoms with Crippen LogP contribution < -0.4 is 0 Å². The van der Waals surface area contributed by atoms with Crippen molar-refractivity contribution in [1.29, 1.82) is 5.41 Å². The van der Waals surface area contributed by atoms with Gasteiger partial charge in [0.2, 0.25) is 0 Å². The van der Waals surface area contributed by atoms with Gasteiger partial charge in [-0.15, -0.1) is 0 Å². The average Bonchev–Trinajstić information content (AvgIpc) is 1.88. The van der Waals surface area contributed by atoms with Crippen LogP contribution in [0.4, 0.5) is 0 Å². The number of benzene rings is 1. The van der Waals surface area contributed by atoms with Gasteiger partial charge in [-0.1, -0.05) is 35.3 Å². The molecule has 0 aliphatic carbocycles. The molecule has 0 amide bonds. The van der Waals surface area contributed by atoms with Crippen molar-refractivity contribution >= 4 is 28.4 Å². The fraction of sp³-hybridized carbons (Fsp3) is 0. The van der Waals surface area contributed by atoms with Gasteiger partial charge in [0.1, 0.15) is 5.17 Å². The van der Waals surface area contributed by atoms with Crippen molar-refractivity contribution in [2.75, 3.05) is 0 Å². The Morgan fingerprint density at radius 2 is 1.70 bits per heavy atom. The highest BCUT2D eigenvalue weighted by molar-refractivity contribution is 6.68. The lowest BCUT2D eigenvalue weighted by atomic mass is 10.2. The third-order valence-electron chi connectivity index (χ3n) is 1.10. The van der Waals surface area contributed by atoms with E-state index in [1.54, 1.807) is 24.3 Å². The molecule has 0 aliphatic rings. The predicted molar refractivity (Wildman–Crippen MR) is 44.1 cm³/mol. The van der Waals surface area contributed by atoms with Crippen molar-refractivity contribution in [2.45, 2.75) is 0 Å². The molecule has 0 radical (unpaired) electrons. The molecular formula is C7H5Cl2N. The molecule has 0 fully saturated rings. The zero-order valence-corrected chi connectivity index (χ0v) is 6.58. The Balaban J connectivity index is 3.00. The molecule has 0 saturated carbocycles. The molecule has 0 spiro atoms. The number of nitrogens with one attached hydrogen (secondary N) is 1. The van der Waals surface area contributed by atoms with E-state index in [1.165, 1.54) is 0 Å². The van der Waals surface area contributed by atoms with Gasteiger partial charge in [-0.25, -0.2) is 0 Å². The van der Waals surface area contributed by atoms with Gasteiger partial charge in [0, 0.05) is 10.6 Å². The van der Waals surface area contributed by atoms with Crippen LogP contribution in [0.3, 0.4) is 0 Å². The van der Waals surface area contributed by atoms with E-state index in [9.17, 15) is 0 Å². The van der Waals surface area contributed by atoms with E-state index in [0.717, 1.165) is 0 Å². The molecule has 0 atom stereocenters. The summed E-state index contributed by atoms with van der Waals surface area (Å²) in [7, 11) is 0. The highest BCUT2D eigenvalue weighted by atomic mass is 35.5. The Morgan fingerprint density at radius 1 is 1.20 bits per heavy atom. The average molecular weight is 174 g/mol. The molecule has 52 valence electrons. The number of halogens is 2. The van der Waals surface area contributed by atoms with Crippen molar-refractivity contribution in [3.8, 4) is 0 Å². The van der Waals surface area contributed by atoms with E-state index in [1.807, 2.05) is 0 Å². The van der Waals surface area contributed by atoms with Gasteiger partial charge >= 0.3 is 0 Å². The Labute approximate surface area is 69.1 Å². The van der Waals surface area contributed by atoms with Gasteiger partial charge in [0.25, 0.3) is 0 Å². The SMILES string of the molecule is N=C(Cl)c1ccc(Cl)cc1. The van der Waals surface area contributed by atoms with Crippen LogP contribution in [0, 0.1) is 5.41 Å². The standard InChI is InChI=1S/C7H5Cl2N/c8-6-3-1-5(2-4-6)7(9)10/h1-4,10H. The van der Waals surface area contributed by atoms with Gasteiger partial charge in [-0.2, -0.15) is 0 Å². The first-order valence-corrected chi connectivity index (χ1v) is 3.46. The maximum absolute atomic E-state index is 7.03. The van der Waals surface area contributed by atoms with E-state index in [4.69, 9.17) is 28.6 Å². The van der Waals surface area contributed by atoms with Crippen LogP contribution in [-0.2, 0) is 0 Å². The largest absolute Gasteiger partial charge is 0.289 e. The Morgan fingerprint density at radius 3 is 2.10 bits per heavy atom. The maximum atomic E-state index is 7.03. The van der Waals surface area contributed by atoms with Crippen molar-refractivity contribution < 1.29 is 0 Å². The van der Waals surface area contributed by atoms with Crippen molar-refractivity contribution in [3.63, 3.8) is 0 Å². The van der Waals surface area contributed by atoms with Crippen LogP contribution >= 0.6 is 23.2 Å². The summed E-state index contributed by atoms with van der Waals surface area (Å²) >= 11 is 11.0. The van der Waals surface area contributed by atoms with Gasteiger partial charge in [-0.3, -0.25) is 5.41 Å². The second kappa shape index (κ2) is 3.04. The van der Waals surface area contributed by atoms with Crippen LogP contribution in [0.15, 0.2) is 24.3 Å². The first-order valence-electron chi connectivity index (χ1n) is 2.70. The molecule has 3 heteroatoms. The summed E-state index contributed by atoms with van der Waals surface area (Å²) in [6.45, 7) is 0. The summed E-state index contributed by atoms with van der Waals surface area (Å²) in [6, 6.07) is 6.82. The molecule has 10 heavy (non-hydrogen) atoms.